The minimum absolute atomic E-state index is 0.0264. The number of nitrogens with zero attached hydrogens (tertiary/aromatic N) is 1. The number of nitrogens with one attached hydrogen (secondary N) is 2. The number of hydrogen-bond acceptors (Lipinski definition) is 5. The van der Waals surface area contributed by atoms with Gasteiger partial charge in [-0.2, -0.15) is 0 Å². The predicted molar refractivity (Wildman–Crippen MR) is 173 cm³/mol. The van der Waals surface area contributed by atoms with E-state index in [1.165, 1.54) is 77.0 Å². The summed E-state index contributed by atoms with van der Waals surface area (Å²) in [5.41, 5.74) is 0.569. The summed E-state index contributed by atoms with van der Waals surface area (Å²) in [6.45, 7) is 3.41. The van der Waals surface area contributed by atoms with E-state index in [9.17, 15) is 14.3 Å². The van der Waals surface area contributed by atoms with Gasteiger partial charge in [-0.05, 0) is 30.7 Å². The van der Waals surface area contributed by atoms with E-state index < -0.39 is 20.0 Å². The average molecular weight is 635 g/mol. The lowest BCUT2D eigenvalue weighted by molar-refractivity contribution is -0.870. The fourth-order valence-corrected chi connectivity index (χ4v) is 5.32. The Kier molecular flexibility index (Phi) is 21.5. The van der Waals surface area contributed by atoms with Crippen LogP contribution in [0.15, 0.2) is 24.3 Å². The minimum atomic E-state index is -4.33. The number of amides is 2. The van der Waals surface area contributed by atoms with Crippen LogP contribution < -0.4 is 10.6 Å². The summed E-state index contributed by atoms with van der Waals surface area (Å²) < 4.78 is 29.5. The van der Waals surface area contributed by atoms with Crippen LogP contribution in [0.5, 0.6) is 0 Å². The van der Waals surface area contributed by atoms with Crippen LogP contribution in [0.1, 0.15) is 96.8 Å². The summed E-state index contributed by atoms with van der Waals surface area (Å²) in [6.07, 6.45) is 17.1. The number of carbonyl (C=O) groups is 1. The van der Waals surface area contributed by atoms with E-state index in [-0.39, 0.29) is 19.8 Å². The SMILES string of the molecule is CCCCCCCCCCCCCCCCOCC(CNC(=O)Nc1ccc(Cl)cc1)OP(=O)(O)OCC[N+](C)(C)C. The molecule has 0 aliphatic carbocycles. The van der Waals surface area contributed by atoms with Crippen LogP contribution in [0, 0.1) is 0 Å². The van der Waals surface area contributed by atoms with Gasteiger partial charge in [0.1, 0.15) is 19.3 Å². The first kappa shape index (κ1) is 38.8. The molecule has 0 aliphatic rings. The van der Waals surface area contributed by atoms with Crippen molar-refractivity contribution in [1.82, 2.24) is 5.32 Å². The molecular formula is C31H58ClN3O6P+. The molecule has 0 radical (unpaired) electrons. The lowest BCUT2D eigenvalue weighted by Crippen LogP contribution is -2.39. The monoisotopic (exact) mass is 634 g/mol. The van der Waals surface area contributed by atoms with E-state index in [1.807, 2.05) is 21.1 Å². The number of carbonyl (C=O) groups excluding carboxylic acids is 1. The zero-order valence-corrected chi connectivity index (χ0v) is 28.2. The molecule has 0 heterocycles. The van der Waals surface area contributed by atoms with Gasteiger partial charge in [-0.25, -0.2) is 9.36 Å². The fourth-order valence-electron chi connectivity index (χ4n) is 4.30. The first-order valence-corrected chi connectivity index (χ1v) is 17.7. The highest BCUT2D eigenvalue weighted by atomic mass is 35.5. The Morgan fingerprint density at radius 2 is 1.40 bits per heavy atom. The second-order valence-corrected chi connectivity index (χ2v) is 13.9. The molecule has 244 valence electrons. The molecule has 9 nitrogen and oxygen atoms in total. The molecule has 0 saturated carbocycles. The number of urea groups is 1. The summed E-state index contributed by atoms with van der Waals surface area (Å²) in [5.74, 6) is 0. The van der Waals surface area contributed by atoms with Crippen LogP contribution in [0.2, 0.25) is 5.02 Å². The predicted octanol–water partition coefficient (Wildman–Crippen LogP) is 8.17. The van der Waals surface area contributed by atoms with E-state index >= 15 is 0 Å². The van der Waals surface area contributed by atoms with E-state index in [1.54, 1.807) is 24.3 Å². The highest BCUT2D eigenvalue weighted by Gasteiger charge is 2.28. The van der Waals surface area contributed by atoms with Crippen molar-refractivity contribution in [2.24, 2.45) is 0 Å². The molecule has 0 saturated heterocycles. The summed E-state index contributed by atoms with van der Waals surface area (Å²) in [5, 5.41) is 5.93. The first-order chi connectivity index (χ1) is 20.0. The number of likely N-dealkylation sites (N-methyl/N-ethyl adjacent to an activating group) is 1. The van der Waals surface area contributed by atoms with Gasteiger partial charge in [-0.1, -0.05) is 102 Å². The van der Waals surface area contributed by atoms with Gasteiger partial charge in [0.25, 0.3) is 0 Å². The fraction of sp³-hybridized carbons (Fsp3) is 0.774. The Bertz CT molecular complexity index is 869. The summed E-state index contributed by atoms with van der Waals surface area (Å²) in [4.78, 5) is 22.6. The molecular weight excluding hydrogens is 577 g/mol. The van der Waals surface area contributed by atoms with Crippen molar-refractivity contribution in [3.05, 3.63) is 29.3 Å². The van der Waals surface area contributed by atoms with Crippen molar-refractivity contribution >= 4 is 31.1 Å². The van der Waals surface area contributed by atoms with Crippen molar-refractivity contribution in [3.63, 3.8) is 0 Å². The molecule has 0 aromatic heterocycles. The van der Waals surface area contributed by atoms with Gasteiger partial charge in [-0.3, -0.25) is 9.05 Å². The summed E-state index contributed by atoms with van der Waals surface area (Å²) >= 11 is 5.89. The number of phosphoric acid groups is 1. The molecule has 0 aliphatic heterocycles. The number of halogens is 1. The van der Waals surface area contributed by atoms with Gasteiger partial charge in [0.15, 0.2) is 0 Å². The Balaban J connectivity index is 2.31. The molecule has 2 amide bonds. The maximum atomic E-state index is 12.6. The number of anilines is 1. The Labute approximate surface area is 260 Å². The number of benzene rings is 1. The van der Waals surface area contributed by atoms with Gasteiger partial charge in [0.2, 0.25) is 0 Å². The molecule has 0 bridgehead atoms. The molecule has 2 atom stereocenters. The van der Waals surface area contributed by atoms with Crippen LogP contribution in [-0.2, 0) is 18.3 Å². The highest BCUT2D eigenvalue weighted by Crippen LogP contribution is 2.44. The molecule has 11 heteroatoms. The lowest BCUT2D eigenvalue weighted by Gasteiger charge is -2.25. The molecule has 3 N–H and O–H groups in total. The van der Waals surface area contributed by atoms with Crippen LogP contribution in [0.4, 0.5) is 10.5 Å². The number of phosphoric ester groups is 1. The van der Waals surface area contributed by atoms with Crippen LogP contribution >= 0.6 is 19.4 Å². The van der Waals surface area contributed by atoms with Crippen molar-refractivity contribution < 1.29 is 32.5 Å². The third-order valence-electron chi connectivity index (χ3n) is 6.84. The highest BCUT2D eigenvalue weighted by molar-refractivity contribution is 7.47. The first-order valence-electron chi connectivity index (χ1n) is 15.8. The molecule has 1 rings (SSSR count). The number of hydrogen-bond donors (Lipinski definition) is 3. The van der Waals surface area contributed by atoms with Crippen molar-refractivity contribution in [2.45, 2.75) is 103 Å². The molecule has 1 aromatic rings. The summed E-state index contributed by atoms with van der Waals surface area (Å²) in [7, 11) is 1.55. The standard InChI is InChI=1S/C31H57ClN3O6P/c1-5-6-7-8-9-10-11-12-13-14-15-16-17-18-24-39-27-30(41-42(37,38)40-25-23-35(2,3)4)26-33-31(36)34-29-21-19-28(32)20-22-29/h19-22,30H,5-18,23-27H2,1-4H3,(H2-,33,34,36,37,38)/p+1. The van der Waals surface area contributed by atoms with Crippen LogP contribution in [0.25, 0.3) is 0 Å². The molecule has 42 heavy (non-hydrogen) atoms. The smallest absolute Gasteiger partial charge is 0.379 e. The maximum Gasteiger partial charge on any atom is 0.472 e. The zero-order valence-electron chi connectivity index (χ0n) is 26.6. The van der Waals surface area contributed by atoms with Crippen molar-refractivity contribution in [3.8, 4) is 0 Å². The van der Waals surface area contributed by atoms with Gasteiger partial charge in [0, 0.05) is 23.9 Å². The third-order valence-corrected chi connectivity index (χ3v) is 8.16. The Hall–Kier alpha value is -1.19. The molecule has 0 fully saturated rings. The summed E-state index contributed by atoms with van der Waals surface area (Å²) in [6, 6.07) is 6.22. The Morgan fingerprint density at radius 3 is 1.93 bits per heavy atom. The third kappa shape index (κ3) is 23.3. The van der Waals surface area contributed by atoms with E-state index in [4.69, 9.17) is 25.4 Å². The lowest BCUT2D eigenvalue weighted by atomic mass is 10.0. The molecule has 1 aromatic carbocycles. The van der Waals surface area contributed by atoms with Gasteiger partial charge in [-0.15, -0.1) is 0 Å². The average Bonchev–Trinajstić information content (AvgIpc) is 2.91. The number of unbranched alkanes of at least 4 members (excludes halogenated alkanes) is 13. The van der Waals surface area contributed by atoms with E-state index in [0.29, 0.717) is 28.3 Å². The molecule has 0 spiro atoms. The maximum absolute atomic E-state index is 12.6. The van der Waals surface area contributed by atoms with Gasteiger partial charge in [0.05, 0.1) is 27.7 Å². The van der Waals surface area contributed by atoms with E-state index in [2.05, 4.69) is 17.6 Å². The minimum Gasteiger partial charge on any atom is -0.379 e. The molecule has 2 unspecified atom stereocenters. The number of quaternary nitrogens is 1. The second kappa shape index (κ2) is 23.2. The largest absolute Gasteiger partial charge is 0.472 e. The normalized spacial score (nSPS) is 14.0. The zero-order chi connectivity index (χ0) is 31.1. The van der Waals surface area contributed by atoms with Crippen LogP contribution in [0.3, 0.4) is 0 Å². The van der Waals surface area contributed by atoms with Crippen molar-refractivity contribution in [2.75, 3.05) is 59.4 Å². The second-order valence-electron chi connectivity index (χ2n) is 12.1. The topological polar surface area (TPSA) is 106 Å². The van der Waals surface area contributed by atoms with E-state index in [0.717, 1.165) is 12.8 Å². The van der Waals surface area contributed by atoms with Crippen molar-refractivity contribution in [1.29, 1.82) is 0 Å². The number of rotatable bonds is 26. The Morgan fingerprint density at radius 1 is 0.881 bits per heavy atom. The van der Waals surface area contributed by atoms with Crippen LogP contribution in [-0.4, -0.2) is 75.6 Å². The number of ether oxygens (including phenoxy) is 1. The quantitative estimate of drug-likeness (QED) is 0.0539. The van der Waals surface area contributed by atoms with Gasteiger partial charge >= 0.3 is 13.9 Å². The van der Waals surface area contributed by atoms with Gasteiger partial charge < -0.3 is 24.7 Å².